The van der Waals surface area contributed by atoms with E-state index in [-0.39, 0.29) is 9.81 Å². The van der Waals surface area contributed by atoms with E-state index in [0.29, 0.717) is 33.9 Å². The van der Waals surface area contributed by atoms with E-state index in [1.807, 2.05) is 60.7 Å². The Kier molecular flexibility index (Phi) is 7.29. The van der Waals surface area contributed by atoms with Crippen molar-refractivity contribution in [2.45, 2.75) is 0 Å². The highest BCUT2D eigenvalue weighted by atomic mass is 32.2. The van der Waals surface area contributed by atoms with Crippen LogP contribution >= 0.6 is 23.5 Å². The van der Waals surface area contributed by atoms with Gasteiger partial charge in [-0.2, -0.15) is 20.2 Å². The molecular formula is C34H22N4O4S2. The van der Waals surface area contributed by atoms with Crippen LogP contribution < -0.4 is 10.0 Å². The van der Waals surface area contributed by atoms with Crippen LogP contribution in [-0.4, -0.2) is 33.5 Å². The van der Waals surface area contributed by atoms with Crippen LogP contribution in [0.25, 0.3) is 0 Å². The number of hydrazone groups is 2. The van der Waals surface area contributed by atoms with Crippen LogP contribution in [0.4, 0.5) is 11.4 Å². The minimum absolute atomic E-state index is 0.177. The molecule has 8 nitrogen and oxygen atoms in total. The van der Waals surface area contributed by atoms with Gasteiger partial charge in [0.15, 0.2) is 0 Å². The molecule has 1 fully saturated rings. The molecular weight excluding hydrogens is 593 g/mol. The number of carbonyl (C=O) groups is 4. The van der Waals surface area contributed by atoms with Crippen molar-refractivity contribution < 1.29 is 19.2 Å². The molecule has 4 aromatic rings. The van der Waals surface area contributed by atoms with Crippen molar-refractivity contribution in [1.29, 1.82) is 0 Å². The SMILES string of the molecule is O=C1SC(=C2C(=O)N(c3ccccc3)N=C2c2ccccc2)SC(=O)C1C1C(=O)N(c2ccccc2)N=C1c1ccccc1. The van der Waals surface area contributed by atoms with E-state index in [1.54, 1.807) is 60.7 Å². The Balaban J connectivity index is 1.27. The molecule has 4 aromatic carbocycles. The van der Waals surface area contributed by atoms with Gasteiger partial charge in [-0.1, -0.05) is 97.1 Å². The summed E-state index contributed by atoms with van der Waals surface area (Å²) >= 11 is 1.61. The summed E-state index contributed by atoms with van der Waals surface area (Å²) in [5.74, 6) is -3.32. The summed E-state index contributed by atoms with van der Waals surface area (Å²) in [6, 6.07) is 36.1. The molecule has 3 aliphatic rings. The Morgan fingerprint density at radius 2 is 1.00 bits per heavy atom. The first kappa shape index (κ1) is 27.8. The van der Waals surface area contributed by atoms with Gasteiger partial charge >= 0.3 is 0 Å². The van der Waals surface area contributed by atoms with Gasteiger partial charge in [0.25, 0.3) is 11.8 Å². The zero-order valence-corrected chi connectivity index (χ0v) is 24.6. The summed E-state index contributed by atoms with van der Waals surface area (Å²) in [5.41, 5.74) is 3.31. The average Bonchev–Trinajstić information content (AvgIpc) is 3.59. The lowest BCUT2D eigenvalue weighted by molar-refractivity contribution is -0.130. The molecule has 0 saturated carbocycles. The molecule has 44 heavy (non-hydrogen) atoms. The van der Waals surface area contributed by atoms with E-state index < -0.39 is 33.9 Å². The van der Waals surface area contributed by atoms with Crippen LogP contribution in [0.2, 0.25) is 0 Å². The van der Waals surface area contributed by atoms with Gasteiger partial charge in [-0.3, -0.25) is 19.2 Å². The van der Waals surface area contributed by atoms with E-state index >= 15 is 0 Å². The number of nitrogens with zero attached hydrogens (tertiary/aromatic N) is 4. The molecule has 1 atom stereocenters. The molecule has 214 valence electrons. The molecule has 0 bridgehead atoms. The van der Waals surface area contributed by atoms with E-state index in [0.717, 1.165) is 23.5 Å². The van der Waals surface area contributed by atoms with Crippen molar-refractivity contribution in [1.82, 2.24) is 0 Å². The fraction of sp³-hybridized carbons (Fsp3) is 0.0588. The number of amides is 2. The van der Waals surface area contributed by atoms with Crippen molar-refractivity contribution in [2.75, 3.05) is 10.0 Å². The maximum atomic E-state index is 13.9. The monoisotopic (exact) mass is 614 g/mol. The van der Waals surface area contributed by atoms with Crippen molar-refractivity contribution in [3.05, 3.63) is 142 Å². The Labute approximate surface area is 261 Å². The van der Waals surface area contributed by atoms with Gasteiger partial charge in [-0.15, -0.1) is 0 Å². The summed E-state index contributed by atoms with van der Waals surface area (Å²) in [5, 5.41) is 10.8. The second-order valence-corrected chi connectivity index (χ2v) is 12.4. The summed E-state index contributed by atoms with van der Waals surface area (Å²) in [6.45, 7) is 0. The zero-order valence-electron chi connectivity index (χ0n) is 22.9. The molecule has 10 heteroatoms. The third-order valence-corrected chi connectivity index (χ3v) is 9.56. The van der Waals surface area contributed by atoms with Gasteiger partial charge in [0.05, 0.1) is 26.9 Å². The zero-order chi connectivity index (χ0) is 30.2. The standard InChI is InChI=1S/C34H22N4O4S2/c39-30-25(28(21-13-5-1-6-14-21)35-37(30)23-17-9-3-10-18-23)26-32(41)43-34(44-33(26)42)27-29(22-15-7-2-8-16-22)36-38(31(27)40)24-19-11-4-12-20-24/h1-20,25-26H. The van der Waals surface area contributed by atoms with Gasteiger partial charge in [0.2, 0.25) is 10.2 Å². The van der Waals surface area contributed by atoms with Crippen molar-refractivity contribution in [2.24, 2.45) is 22.0 Å². The van der Waals surface area contributed by atoms with Crippen LogP contribution in [0.1, 0.15) is 11.1 Å². The highest BCUT2D eigenvalue weighted by Gasteiger charge is 2.52. The summed E-state index contributed by atoms with van der Waals surface area (Å²) in [6.07, 6.45) is 0. The normalized spacial score (nSPS) is 20.4. The van der Waals surface area contributed by atoms with Crippen LogP contribution in [0, 0.1) is 11.8 Å². The Morgan fingerprint density at radius 3 is 1.55 bits per heavy atom. The minimum atomic E-state index is -1.30. The van der Waals surface area contributed by atoms with Crippen molar-refractivity contribution in [3.63, 3.8) is 0 Å². The first-order valence-corrected chi connectivity index (χ1v) is 15.4. The lowest BCUT2D eigenvalue weighted by Crippen LogP contribution is -2.41. The minimum Gasteiger partial charge on any atom is -0.286 e. The summed E-state index contributed by atoms with van der Waals surface area (Å²) in [4.78, 5) is 55.6. The predicted molar refractivity (Wildman–Crippen MR) is 173 cm³/mol. The third kappa shape index (κ3) is 4.87. The number of hydrogen-bond donors (Lipinski definition) is 0. The van der Waals surface area contributed by atoms with E-state index in [9.17, 15) is 19.2 Å². The fourth-order valence-electron chi connectivity index (χ4n) is 5.30. The van der Waals surface area contributed by atoms with Crippen molar-refractivity contribution >= 4 is 68.4 Å². The van der Waals surface area contributed by atoms with Crippen molar-refractivity contribution in [3.8, 4) is 0 Å². The largest absolute Gasteiger partial charge is 0.286 e. The maximum Gasteiger partial charge on any atom is 0.282 e. The van der Waals surface area contributed by atoms with Gasteiger partial charge < -0.3 is 0 Å². The molecule has 0 aromatic heterocycles. The molecule has 0 spiro atoms. The Hall–Kier alpha value is -5.06. The summed E-state index contributed by atoms with van der Waals surface area (Å²) in [7, 11) is 0. The maximum absolute atomic E-state index is 13.9. The summed E-state index contributed by atoms with van der Waals surface area (Å²) < 4.78 is 0.242. The quantitative estimate of drug-likeness (QED) is 0.206. The van der Waals surface area contributed by atoms with Gasteiger partial charge in [-0.25, -0.2) is 0 Å². The first-order chi connectivity index (χ1) is 21.5. The molecule has 0 radical (unpaired) electrons. The molecule has 1 saturated heterocycles. The molecule has 0 aliphatic carbocycles. The molecule has 2 amide bonds. The molecule has 3 heterocycles. The molecule has 3 aliphatic heterocycles. The first-order valence-electron chi connectivity index (χ1n) is 13.8. The predicted octanol–water partition coefficient (Wildman–Crippen LogP) is 5.87. The third-order valence-electron chi connectivity index (χ3n) is 7.37. The number of benzene rings is 4. The fourth-order valence-corrected chi connectivity index (χ4v) is 7.71. The van der Waals surface area contributed by atoms with Crippen LogP contribution in [0.15, 0.2) is 141 Å². The smallest absolute Gasteiger partial charge is 0.282 e. The second kappa shape index (κ2) is 11.6. The van der Waals surface area contributed by atoms with Crippen LogP contribution in [0.5, 0.6) is 0 Å². The Bertz CT molecular complexity index is 1870. The molecule has 0 N–H and O–H groups in total. The topological polar surface area (TPSA) is 99.5 Å². The number of rotatable bonds is 5. The van der Waals surface area contributed by atoms with Gasteiger partial charge in [0, 0.05) is 5.56 Å². The van der Waals surface area contributed by atoms with E-state index in [2.05, 4.69) is 10.2 Å². The van der Waals surface area contributed by atoms with Gasteiger partial charge in [-0.05, 0) is 53.4 Å². The number of para-hydroxylation sites is 2. The number of anilines is 2. The number of hydrogen-bond acceptors (Lipinski definition) is 8. The molecule has 7 rings (SSSR count). The van der Waals surface area contributed by atoms with E-state index in [4.69, 9.17) is 0 Å². The number of carbonyl (C=O) groups excluding carboxylic acids is 4. The van der Waals surface area contributed by atoms with Gasteiger partial charge in [0.1, 0.15) is 17.5 Å². The van der Waals surface area contributed by atoms with Crippen LogP contribution in [0.3, 0.4) is 0 Å². The molecule has 1 unspecified atom stereocenters. The lowest BCUT2D eigenvalue weighted by atomic mass is 9.86. The second-order valence-electron chi connectivity index (χ2n) is 10.1. The highest BCUT2D eigenvalue weighted by molar-refractivity contribution is 8.36. The lowest BCUT2D eigenvalue weighted by Gasteiger charge is -2.26. The average molecular weight is 615 g/mol. The van der Waals surface area contributed by atoms with Crippen LogP contribution in [-0.2, 0) is 19.2 Å². The Morgan fingerprint density at radius 1 is 0.523 bits per heavy atom. The number of thioether (sulfide) groups is 2. The van der Waals surface area contributed by atoms with E-state index in [1.165, 1.54) is 10.0 Å². The highest BCUT2D eigenvalue weighted by Crippen LogP contribution is 2.48.